The third kappa shape index (κ3) is 1.97. The Balaban J connectivity index is 1.70. The topological polar surface area (TPSA) is 118 Å². The number of nitrogens with two attached hydrogens (primary N) is 1. The average molecular weight is 307 g/mol. The number of anilines is 1. The minimum Gasteiger partial charge on any atom is -0.386 e. The first-order valence-electron chi connectivity index (χ1n) is 7.04. The zero-order chi connectivity index (χ0) is 15.5. The van der Waals surface area contributed by atoms with E-state index < -0.39 is 24.2 Å². The van der Waals surface area contributed by atoms with Crippen LogP contribution in [0.5, 0.6) is 0 Å². The maximum Gasteiger partial charge on any atom is 0.167 e. The SMILES string of the molecule is CC1(C)OC[C@@H]2O[C@H](n3cnc4c(N)ncnc43)[C@@H](O)[C@@H]2O1. The Morgan fingerprint density at radius 2 is 2.18 bits per heavy atom. The summed E-state index contributed by atoms with van der Waals surface area (Å²) in [5.41, 5.74) is 6.77. The monoisotopic (exact) mass is 307 g/mol. The van der Waals surface area contributed by atoms with Gasteiger partial charge in [0.15, 0.2) is 23.5 Å². The molecule has 9 nitrogen and oxygen atoms in total. The summed E-state index contributed by atoms with van der Waals surface area (Å²) in [4.78, 5) is 12.3. The predicted octanol–water partition coefficient (Wildman–Crippen LogP) is -0.182. The van der Waals surface area contributed by atoms with E-state index in [1.54, 1.807) is 4.57 Å². The largest absolute Gasteiger partial charge is 0.386 e. The van der Waals surface area contributed by atoms with Crippen molar-refractivity contribution in [1.29, 1.82) is 0 Å². The van der Waals surface area contributed by atoms with E-state index in [9.17, 15) is 5.11 Å². The van der Waals surface area contributed by atoms with Crippen molar-refractivity contribution in [3.05, 3.63) is 12.7 Å². The van der Waals surface area contributed by atoms with Crippen LogP contribution in [0.1, 0.15) is 20.1 Å². The van der Waals surface area contributed by atoms with Crippen LogP contribution in [0.4, 0.5) is 5.82 Å². The number of hydrogen-bond acceptors (Lipinski definition) is 8. The summed E-state index contributed by atoms with van der Waals surface area (Å²) in [7, 11) is 0. The van der Waals surface area contributed by atoms with Gasteiger partial charge in [0.1, 0.15) is 30.2 Å². The van der Waals surface area contributed by atoms with E-state index in [0.29, 0.717) is 17.8 Å². The highest BCUT2D eigenvalue weighted by Gasteiger charge is 2.51. The third-order valence-corrected chi connectivity index (χ3v) is 3.99. The number of nitrogens with zero attached hydrogens (tertiary/aromatic N) is 4. The Morgan fingerprint density at radius 3 is 3.00 bits per heavy atom. The second kappa shape index (κ2) is 4.59. The molecule has 4 rings (SSSR count). The summed E-state index contributed by atoms with van der Waals surface area (Å²) in [5.74, 6) is -0.460. The fourth-order valence-electron chi connectivity index (χ4n) is 2.93. The minimum atomic E-state index is -0.859. The molecule has 0 radical (unpaired) electrons. The first-order chi connectivity index (χ1) is 10.5. The normalized spacial score (nSPS) is 34.0. The molecule has 0 unspecified atom stereocenters. The van der Waals surface area contributed by atoms with Crippen LogP contribution in [0.25, 0.3) is 11.2 Å². The smallest absolute Gasteiger partial charge is 0.167 e. The van der Waals surface area contributed by atoms with Crippen molar-refractivity contribution >= 4 is 17.0 Å². The van der Waals surface area contributed by atoms with Crippen LogP contribution in [-0.2, 0) is 14.2 Å². The Bertz CT molecular complexity index is 718. The standard InChI is InChI=1S/C13H17N5O4/c1-13(2)20-3-6-9(22-13)8(19)12(21-6)18-5-17-7-10(14)15-4-16-11(7)18/h4-6,8-9,12,19H,3H2,1-2H3,(H2,14,15,16)/t6-,8-,9+,12-/m0/s1. The van der Waals surface area contributed by atoms with Gasteiger partial charge in [-0.05, 0) is 13.8 Å². The molecule has 2 aliphatic rings. The summed E-state index contributed by atoms with van der Waals surface area (Å²) in [5, 5.41) is 10.6. The van der Waals surface area contributed by atoms with Gasteiger partial charge in [0.05, 0.1) is 12.9 Å². The van der Waals surface area contributed by atoms with Gasteiger partial charge < -0.3 is 25.1 Å². The molecule has 0 spiro atoms. The molecule has 2 aromatic rings. The van der Waals surface area contributed by atoms with E-state index in [4.69, 9.17) is 19.9 Å². The molecular formula is C13H17N5O4. The van der Waals surface area contributed by atoms with Gasteiger partial charge >= 0.3 is 0 Å². The van der Waals surface area contributed by atoms with Crippen molar-refractivity contribution < 1.29 is 19.3 Å². The van der Waals surface area contributed by atoms with Crippen molar-refractivity contribution in [3.63, 3.8) is 0 Å². The van der Waals surface area contributed by atoms with Crippen molar-refractivity contribution in [3.8, 4) is 0 Å². The quantitative estimate of drug-likeness (QED) is 0.745. The van der Waals surface area contributed by atoms with E-state index in [1.807, 2.05) is 13.8 Å². The maximum absolute atomic E-state index is 10.6. The van der Waals surface area contributed by atoms with Crippen LogP contribution >= 0.6 is 0 Å². The van der Waals surface area contributed by atoms with Gasteiger partial charge in [-0.15, -0.1) is 0 Å². The van der Waals surface area contributed by atoms with Gasteiger partial charge in [-0.3, -0.25) is 4.57 Å². The molecule has 0 saturated carbocycles. The molecule has 2 aliphatic heterocycles. The number of aliphatic hydroxyl groups is 1. The lowest BCUT2D eigenvalue weighted by Crippen LogP contribution is -2.50. The van der Waals surface area contributed by atoms with Gasteiger partial charge in [0.25, 0.3) is 0 Å². The number of rotatable bonds is 1. The minimum absolute atomic E-state index is 0.286. The second-order valence-corrected chi connectivity index (χ2v) is 5.93. The Kier molecular flexibility index (Phi) is 2.89. The Hall–Kier alpha value is -1.81. The van der Waals surface area contributed by atoms with E-state index in [2.05, 4.69) is 15.0 Å². The van der Waals surface area contributed by atoms with E-state index >= 15 is 0 Å². The highest BCUT2D eigenvalue weighted by Crippen LogP contribution is 2.38. The van der Waals surface area contributed by atoms with Crippen molar-refractivity contribution in [2.45, 2.75) is 44.2 Å². The van der Waals surface area contributed by atoms with E-state index in [0.717, 1.165) is 0 Å². The van der Waals surface area contributed by atoms with E-state index in [1.165, 1.54) is 12.7 Å². The summed E-state index contributed by atoms with van der Waals surface area (Å²) in [6, 6.07) is 0. The van der Waals surface area contributed by atoms with Gasteiger partial charge in [-0.1, -0.05) is 0 Å². The van der Waals surface area contributed by atoms with Crippen molar-refractivity contribution in [2.24, 2.45) is 0 Å². The van der Waals surface area contributed by atoms with Gasteiger partial charge in [-0.25, -0.2) is 15.0 Å². The summed E-state index contributed by atoms with van der Waals surface area (Å²) >= 11 is 0. The number of aliphatic hydroxyl groups excluding tert-OH is 1. The fourth-order valence-corrected chi connectivity index (χ4v) is 2.93. The first-order valence-corrected chi connectivity index (χ1v) is 7.04. The van der Waals surface area contributed by atoms with Crippen LogP contribution in [-0.4, -0.2) is 55.3 Å². The summed E-state index contributed by atoms with van der Waals surface area (Å²) < 4.78 is 18.9. The van der Waals surface area contributed by atoms with E-state index in [-0.39, 0.29) is 11.9 Å². The lowest BCUT2D eigenvalue weighted by Gasteiger charge is -2.37. The molecule has 2 fully saturated rings. The number of ether oxygens (including phenoxy) is 3. The fraction of sp³-hybridized carbons (Fsp3) is 0.615. The highest BCUT2D eigenvalue weighted by atomic mass is 16.7. The number of hydrogen-bond donors (Lipinski definition) is 2. The van der Waals surface area contributed by atoms with Crippen molar-refractivity contribution in [1.82, 2.24) is 19.5 Å². The average Bonchev–Trinajstić information content (AvgIpc) is 3.01. The Morgan fingerprint density at radius 1 is 1.36 bits per heavy atom. The van der Waals surface area contributed by atoms with Gasteiger partial charge in [0.2, 0.25) is 0 Å². The molecule has 2 saturated heterocycles. The van der Waals surface area contributed by atoms with Gasteiger partial charge in [0, 0.05) is 0 Å². The lowest BCUT2D eigenvalue weighted by atomic mass is 10.1. The van der Waals surface area contributed by atoms with Crippen LogP contribution in [0.15, 0.2) is 12.7 Å². The van der Waals surface area contributed by atoms with Crippen LogP contribution in [0.3, 0.4) is 0 Å². The number of imidazole rings is 1. The summed E-state index contributed by atoms with van der Waals surface area (Å²) in [6.45, 7) is 3.97. The molecule has 4 heterocycles. The molecule has 0 aromatic carbocycles. The lowest BCUT2D eigenvalue weighted by molar-refractivity contribution is -0.300. The third-order valence-electron chi connectivity index (χ3n) is 3.99. The van der Waals surface area contributed by atoms with Crippen molar-refractivity contribution in [2.75, 3.05) is 12.3 Å². The highest BCUT2D eigenvalue weighted by molar-refractivity contribution is 5.81. The van der Waals surface area contributed by atoms with Gasteiger partial charge in [-0.2, -0.15) is 0 Å². The van der Waals surface area contributed by atoms with Crippen LogP contribution < -0.4 is 5.73 Å². The number of nitrogen functional groups attached to an aromatic ring is 1. The molecule has 118 valence electrons. The first kappa shape index (κ1) is 13.8. The maximum atomic E-state index is 10.6. The molecule has 0 bridgehead atoms. The summed E-state index contributed by atoms with van der Waals surface area (Å²) in [6.07, 6.45) is 0.559. The molecule has 2 aromatic heterocycles. The molecule has 0 aliphatic carbocycles. The second-order valence-electron chi connectivity index (χ2n) is 5.93. The molecule has 0 amide bonds. The predicted molar refractivity (Wildman–Crippen MR) is 74.6 cm³/mol. The zero-order valence-corrected chi connectivity index (χ0v) is 12.2. The molecule has 4 atom stereocenters. The molecule has 9 heteroatoms. The molecule has 3 N–H and O–H groups in total. The Labute approximate surface area is 126 Å². The zero-order valence-electron chi connectivity index (χ0n) is 12.2. The number of aromatic nitrogens is 4. The van der Waals surface area contributed by atoms with Crippen LogP contribution in [0.2, 0.25) is 0 Å². The van der Waals surface area contributed by atoms with Crippen LogP contribution in [0, 0.1) is 0 Å². The number of fused-ring (bicyclic) bond motifs is 2. The molecule has 22 heavy (non-hydrogen) atoms. The molecular weight excluding hydrogens is 290 g/mol.